The van der Waals surface area contributed by atoms with E-state index in [1.54, 1.807) is 16.8 Å². The predicted molar refractivity (Wildman–Crippen MR) is 102 cm³/mol. The van der Waals surface area contributed by atoms with Crippen LogP contribution < -0.4 is 9.47 Å². The molecule has 0 saturated carbocycles. The number of hydrogen-bond donors (Lipinski definition) is 0. The molecule has 1 heterocycles. The SMILES string of the molecule is CCOc1cc(/C=C2/C(=O)N(CC)C(=S)N2C)cc(Br)c1OCC. The van der Waals surface area contributed by atoms with Crippen LogP contribution in [0.3, 0.4) is 0 Å². The fourth-order valence-corrected chi connectivity index (χ4v) is 3.35. The summed E-state index contributed by atoms with van der Waals surface area (Å²) >= 11 is 8.83. The lowest BCUT2D eigenvalue weighted by atomic mass is 10.1. The highest BCUT2D eigenvalue weighted by Gasteiger charge is 2.34. The van der Waals surface area contributed by atoms with Crippen molar-refractivity contribution >= 4 is 45.2 Å². The Morgan fingerprint density at radius 1 is 1.21 bits per heavy atom. The van der Waals surface area contributed by atoms with Crippen LogP contribution in [0.4, 0.5) is 0 Å². The van der Waals surface area contributed by atoms with E-state index in [4.69, 9.17) is 21.7 Å². The van der Waals surface area contributed by atoms with Crippen LogP contribution in [0.1, 0.15) is 26.3 Å². The maximum Gasteiger partial charge on any atom is 0.276 e. The number of nitrogens with zero attached hydrogens (tertiary/aromatic N) is 2. The highest BCUT2D eigenvalue weighted by atomic mass is 79.9. The van der Waals surface area contributed by atoms with Crippen molar-refractivity contribution < 1.29 is 14.3 Å². The number of likely N-dealkylation sites (N-methyl/N-ethyl adjacent to an activating group) is 2. The summed E-state index contributed by atoms with van der Waals surface area (Å²) in [5, 5.41) is 0.517. The number of carbonyl (C=O) groups excluding carboxylic acids is 1. The third-order valence-electron chi connectivity index (χ3n) is 3.58. The number of hydrogen-bond acceptors (Lipinski definition) is 4. The molecule has 0 bridgehead atoms. The summed E-state index contributed by atoms with van der Waals surface area (Å²) in [5.74, 6) is 1.22. The van der Waals surface area contributed by atoms with Gasteiger partial charge in [0.25, 0.3) is 5.91 Å². The first-order chi connectivity index (χ1) is 11.4. The third-order valence-corrected chi connectivity index (χ3v) is 4.67. The van der Waals surface area contributed by atoms with E-state index in [-0.39, 0.29) is 5.91 Å². The number of halogens is 1. The van der Waals surface area contributed by atoms with Crippen molar-refractivity contribution in [1.82, 2.24) is 9.80 Å². The van der Waals surface area contributed by atoms with Gasteiger partial charge < -0.3 is 14.4 Å². The number of rotatable bonds is 6. The van der Waals surface area contributed by atoms with Gasteiger partial charge in [0.05, 0.1) is 17.7 Å². The van der Waals surface area contributed by atoms with Crippen LogP contribution in [-0.4, -0.2) is 47.6 Å². The Hall–Kier alpha value is -1.60. The minimum absolute atomic E-state index is 0.0898. The molecule has 0 aromatic heterocycles. The zero-order chi connectivity index (χ0) is 17.9. The molecule has 1 aromatic carbocycles. The van der Waals surface area contributed by atoms with Gasteiger partial charge >= 0.3 is 0 Å². The van der Waals surface area contributed by atoms with Gasteiger partial charge in [0, 0.05) is 13.6 Å². The van der Waals surface area contributed by atoms with Crippen molar-refractivity contribution in [3.05, 3.63) is 27.9 Å². The van der Waals surface area contributed by atoms with Crippen LogP contribution in [0.15, 0.2) is 22.3 Å². The van der Waals surface area contributed by atoms with Gasteiger partial charge in [-0.25, -0.2) is 0 Å². The predicted octanol–water partition coefficient (Wildman–Crippen LogP) is 3.67. The van der Waals surface area contributed by atoms with E-state index in [0.717, 1.165) is 10.0 Å². The van der Waals surface area contributed by atoms with Crippen LogP contribution >= 0.6 is 28.1 Å². The number of thiocarbonyl (C=S) groups is 1. The minimum Gasteiger partial charge on any atom is -0.490 e. The molecule has 1 saturated heterocycles. The van der Waals surface area contributed by atoms with E-state index in [1.807, 2.05) is 39.0 Å². The zero-order valence-electron chi connectivity index (χ0n) is 14.3. The fourth-order valence-electron chi connectivity index (χ4n) is 2.47. The largest absolute Gasteiger partial charge is 0.490 e. The van der Waals surface area contributed by atoms with Gasteiger partial charge in [-0.2, -0.15) is 0 Å². The molecule has 5 nitrogen and oxygen atoms in total. The van der Waals surface area contributed by atoms with Gasteiger partial charge in [0.2, 0.25) is 0 Å². The standard InChI is InChI=1S/C17H21BrN2O3S/c1-5-20-16(21)13(19(4)17(20)24)9-11-8-12(18)15(23-7-3)14(10-11)22-6-2/h8-10H,5-7H2,1-4H3/b13-9-. The van der Waals surface area contributed by atoms with Crippen molar-refractivity contribution in [1.29, 1.82) is 0 Å². The summed E-state index contributed by atoms with van der Waals surface area (Å²) < 4.78 is 12.1. The average Bonchev–Trinajstić information content (AvgIpc) is 2.74. The molecule has 0 atom stereocenters. The molecule has 1 aromatic rings. The van der Waals surface area contributed by atoms with Crippen molar-refractivity contribution in [3.8, 4) is 11.5 Å². The van der Waals surface area contributed by atoms with E-state index in [1.165, 1.54) is 0 Å². The number of carbonyl (C=O) groups is 1. The Bertz CT molecular complexity index is 691. The number of benzene rings is 1. The van der Waals surface area contributed by atoms with Gasteiger partial charge in [-0.05, 0) is 72.7 Å². The van der Waals surface area contributed by atoms with Crippen LogP contribution in [0.25, 0.3) is 6.08 Å². The van der Waals surface area contributed by atoms with Crippen LogP contribution in [-0.2, 0) is 4.79 Å². The summed E-state index contributed by atoms with van der Waals surface area (Å²) in [6, 6.07) is 3.77. The zero-order valence-corrected chi connectivity index (χ0v) is 16.7. The normalized spacial score (nSPS) is 16.3. The summed E-state index contributed by atoms with van der Waals surface area (Å²) in [6.45, 7) is 7.36. The van der Waals surface area contributed by atoms with Gasteiger partial charge in [0.15, 0.2) is 16.6 Å². The fraction of sp³-hybridized carbons (Fsp3) is 0.412. The van der Waals surface area contributed by atoms with Crippen LogP contribution in [0.2, 0.25) is 0 Å². The molecule has 130 valence electrons. The third kappa shape index (κ3) is 3.57. The number of amides is 1. The average molecular weight is 413 g/mol. The first kappa shape index (κ1) is 18.7. The number of ether oxygens (including phenoxy) is 2. The lowest BCUT2D eigenvalue weighted by molar-refractivity contribution is -0.122. The second-order valence-electron chi connectivity index (χ2n) is 5.12. The van der Waals surface area contributed by atoms with E-state index in [9.17, 15) is 4.79 Å². The highest BCUT2D eigenvalue weighted by molar-refractivity contribution is 9.10. The molecule has 0 N–H and O–H groups in total. The van der Waals surface area contributed by atoms with Crippen LogP contribution in [0.5, 0.6) is 11.5 Å². The monoisotopic (exact) mass is 412 g/mol. The topological polar surface area (TPSA) is 42.0 Å². The maximum atomic E-state index is 12.5. The van der Waals surface area contributed by atoms with Crippen LogP contribution in [0, 0.1) is 0 Å². The minimum atomic E-state index is -0.0898. The lowest BCUT2D eigenvalue weighted by Crippen LogP contribution is -2.30. The van der Waals surface area contributed by atoms with E-state index < -0.39 is 0 Å². The molecule has 7 heteroatoms. The highest BCUT2D eigenvalue weighted by Crippen LogP contribution is 2.38. The Balaban J connectivity index is 2.46. The maximum absolute atomic E-state index is 12.5. The summed E-state index contributed by atoms with van der Waals surface area (Å²) in [7, 11) is 1.80. The second kappa shape index (κ2) is 7.98. The lowest BCUT2D eigenvalue weighted by Gasteiger charge is -2.15. The summed E-state index contributed by atoms with van der Waals surface area (Å²) in [6.07, 6.45) is 1.81. The molecule has 0 unspecified atom stereocenters. The molecule has 1 aliphatic heterocycles. The molecule has 0 aliphatic carbocycles. The van der Waals surface area contributed by atoms with Crippen molar-refractivity contribution in [2.75, 3.05) is 26.8 Å². The molecular weight excluding hydrogens is 392 g/mol. The molecule has 0 spiro atoms. The molecule has 24 heavy (non-hydrogen) atoms. The van der Waals surface area contributed by atoms with Crippen molar-refractivity contribution in [2.45, 2.75) is 20.8 Å². The summed E-state index contributed by atoms with van der Waals surface area (Å²) in [4.78, 5) is 15.8. The van der Waals surface area contributed by atoms with E-state index in [2.05, 4.69) is 15.9 Å². The Labute approximate surface area is 156 Å². The first-order valence-corrected chi connectivity index (χ1v) is 9.05. The van der Waals surface area contributed by atoms with E-state index >= 15 is 0 Å². The Kier molecular flexibility index (Phi) is 6.23. The van der Waals surface area contributed by atoms with Gasteiger partial charge in [-0.3, -0.25) is 9.69 Å². The summed E-state index contributed by atoms with van der Waals surface area (Å²) in [5.41, 5.74) is 1.38. The molecular formula is C17H21BrN2O3S. The Morgan fingerprint density at radius 2 is 1.88 bits per heavy atom. The molecule has 2 rings (SSSR count). The molecule has 0 radical (unpaired) electrons. The molecule has 1 aliphatic rings. The first-order valence-electron chi connectivity index (χ1n) is 7.84. The Morgan fingerprint density at radius 3 is 2.42 bits per heavy atom. The molecule has 1 amide bonds. The van der Waals surface area contributed by atoms with Gasteiger partial charge in [-0.1, -0.05) is 0 Å². The molecule has 1 fully saturated rings. The second-order valence-corrected chi connectivity index (χ2v) is 6.34. The van der Waals surface area contributed by atoms with Crippen molar-refractivity contribution in [3.63, 3.8) is 0 Å². The van der Waals surface area contributed by atoms with Gasteiger partial charge in [-0.15, -0.1) is 0 Å². The van der Waals surface area contributed by atoms with Crippen molar-refractivity contribution in [2.24, 2.45) is 0 Å². The smallest absolute Gasteiger partial charge is 0.276 e. The van der Waals surface area contributed by atoms with Gasteiger partial charge in [0.1, 0.15) is 5.70 Å². The van der Waals surface area contributed by atoms with E-state index in [0.29, 0.717) is 42.1 Å². The quantitative estimate of drug-likeness (QED) is 0.526.